The summed E-state index contributed by atoms with van der Waals surface area (Å²) < 4.78 is 29.7. The molecule has 3 aromatic carbocycles. The summed E-state index contributed by atoms with van der Waals surface area (Å²) in [6, 6.07) is 19.0. The third-order valence-electron chi connectivity index (χ3n) is 5.45. The third kappa shape index (κ3) is 6.91. The van der Waals surface area contributed by atoms with Crippen LogP contribution in [0.15, 0.2) is 76.6 Å². The number of benzene rings is 3. The number of aliphatic imine (C=N–C) groups is 1. The van der Waals surface area contributed by atoms with E-state index < -0.39 is 0 Å². The summed E-state index contributed by atoms with van der Waals surface area (Å²) in [6.07, 6.45) is 2.45. The molecule has 192 valence electrons. The Balaban J connectivity index is 1.58. The molecule has 0 N–H and O–H groups in total. The van der Waals surface area contributed by atoms with Crippen LogP contribution < -0.4 is 9.47 Å². The molecule has 1 fully saturated rings. The van der Waals surface area contributed by atoms with Crippen molar-refractivity contribution in [3.05, 3.63) is 93.6 Å². The summed E-state index contributed by atoms with van der Waals surface area (Å²) in [4.78, 5) is 20.2. The van der Waals surface area contributed by atoms with Crippen LogP contribution in [0.1, 0.15) is 17.5 Å². The number of hydrogen-bond donors (Lipinski definition) is 0. The standard InChI is InChI=1S/C28H26ClFN2O4S/c1-34-14-6-13-32-27(33)25(37-28(32)31-22-7-4-3-5-8-22)17-20-15-23(29)26(24(16-20)35-2)36-18-19-9-11-21(30)12-10-19/h3-5,7-12,15-17H,6,13-14,18H2,1-2H3/b25-17-,31-28?. The van der Waals surface area contributed by atoms with Gasteiger partial charge in [0.15, 0.2) is 16.7 Å². The van der Waals surface area contributed by atoms with Gasteiger partial charge in [-0.25, -0.2) is 9.38 Å². The van der Waals surface area contributed by atoms with Gasteiger partial charge in [-0.1, -0.05) is 41.9 Å². The van der Waals surface area contributed by atoms with Crippen molar-refractivity contribution < 1.29 is 23.4 Å². The third-order valence-corrected chi connectivity index (χ3v) is 6.73. The Labute approximate surface area is 224 Å². The molecule has 0 spiro atoms. The van der Waals surface area contributed by atoms with E-state index in [2.05, 4.69) is 0 Å². The second-order valence-corrected chi connectivity index (χ2v) is 9.51. The molecule has 0 aromatic heterocycles. The second kappa shape index (κ2) is 12.8. The number of ether oxygens (including phenoxy) is 3. The van der Waals surface area contributed by atoms with Crippen molar-refractivity contribution in [2.75, 3.05) is 27.4 Å². The predicted molar refractivity (Wildman–Crippen MR) is 146 cm³/mol. The van der Waals surface area contributed by atoms with Gasteiger partial charge in [0.1, 0.15) is 12.4 Å². The molecule has 1 aliphatic rings. The fourth-order valence-corrected chi connectivity index (χ4v) is 4.92. The molecule has 0 unspecified atom stereocenters. The molecule has 0 radical (unpaired) electrons. The van der Waals surface area contributed by atoms with E-state index in [9.17, 15) is 9.18 Å². The molecule has 37 heavy (non-hydrogen) atoms. The molecule has 1 saturated heterocycles. The number of nitrogens with zero attached hydrogens (tertiary/aromatic N) is 2. The average molecular weight is 541 g/mol. The van der Waals surface area contributed by atoms with Crippen LogP contribution in [0, 0.1) is 5.82 Å². The van der Waals surface area contributed by atoms with Crippen molar-refractivity contribution in [2.24, 2.45) is 4.99 Å². The van der Waals surface area contributed by atoms with Crippen molar-refractivity contribution in [3.8, 4) is 11.5 Å². The van der Waals surface area contributed by atoms with E-state index in [0.29, 0.717) is 51.7 Å². The van der Waals surface area contributed by atoms with E-state index in [1.165, 1.54) is 31.0 Å². The van der Waals surface area contributed by atoms with Gasteiger partial charge in [-0.3, -0.25) is 9.69 Å². The Bertz CT molecular complexity index is 1300. The van der Waals surface area contributed by atoms with Crippen LogP contribution in [0.2, 0.25) is 5.02 Å². The Hall–Kier alpha value is -3.33. The number of para-hydroxylation sites is 1. The van der Waals surface area contributed by atoms with E-state index in [1.807, 2.05) is 30.3 Å². The van der Waals surface area contributed by atoms with Gasteiger partial charge in [0.25, 0.3) is 5.91 Å². The molecule has 4 rings (SSSR count). The lowest BCUT2D eigenvalue weighted by Gasteiger charge is -2.15. The maximum atomic E-state index is 13.3. The van der Waals surface area contributed by atoms with Gasteiger partial charge in [-0.15, -0.1) is 0 Å². The fraction of sp³-hybridized carbons (Fsp3) is 0.214. The van der Waals surface area contributed by atoms with E-state index in [1.54, 1.807) is 42.4 Å². The summed E-state index contributed by atoms with van der Waals surface area (Å²) in [5.74, 6) is 0.341. The monoisotopic (exact) mass is 540 g/mol. The summed E-state index contributed by atoms with van der Waals surface area (Å²) in [5, 5.41) is 0.940. The number of amides is 1. The van der Waals surface area contributed by atoms with Crippen molar-refractivity contribution in [1.82, 2.24) is 4.90 Å². The largest absolute Gasteiger partial charge is 0.493 e. The number of amidine groups is 1. The lowest BCUT2D eigenvalue weighted by atomic mass is 10.1. The quantitative estimate of drug-likeness (QED) is 0.211. The van der Waals surface area contributed by atoms with Gasteiger partial charge in [0.2, 0.25) is 0 Å². The van der Waals surface area contributed by atoms with Crippen molar-refractivity contribution in [3.63, 3.8) is 0 Å². The number of carbonyl (C=O) groups excluding carboxylic acids is 1. The number of rotatable bonds is 10. The molecule has 3 aromatic rings. The zero-order valence-corrected chi connectivity index (χ0v) is 22.0. The molecule has 0 aliphatic carbocycles. The van der Waals surface area contributed by atoms with Crippen molar-refractivity contribution >= 4 is 46.2 Å². The molecule has 1 aliphatic heterocycles. The van der Waals surface area contributed by atoms with Gasteiger partial charge in [0, 0.05) is 20.3 Å². The van der Waals surface area contributed by atoms with E-state index in [-0.39, 0.29) is 18.3 Å². The zero-order valence-electron chi connectivity index (χ0n) is 20.4. The van der Waals surface area contributed by atoms with Crippen LogP contribution >= 0.6 is 23.4 Å². The Kier molecular flexibility index (Phi) is 9.22. The summed E-state index contributed by atoms with van der Waals surface area (Å²) in [7, 11) is 3.15. The molecule has 0 bridgehead atoms. The van der Waals surface area contributed by atoms with E-state index in [0.717, 1.165) is 11.3 Å². The zero-order chi connectivity index (χ0) is 26.2. The SMILES string of the molecule is COCCCN1C(=O)/C(=C/c2cc(Cl)c(OCc3ccc(F)cc3)c(OC)c2)SC1=Nc1ccccc1. The normalized spacial score (nSPS) is 15.6. The minimum atomic E-state index is -0.315. The van der Waals surface area contributed by atoms with Gasteiger partial charge in [0.05, 0.1) is 22.7 Å². The second-order valence-electron chi connectivity index (χ2n) is 8.09. The topological polar surface area (TPSA) is 60.4 Å². The minimum absolute atomic E-state index is 0.137. The summed E-state index contributed by atoms with van der Waals surface area (Å²) in [5.41, 5.74) is 2.24. The fourth-order valence-electron chi connectivity index (χ4n) is 3.62. The lowest BCUT2D eigenvalue weighted by molar-refractivity contribution is -0.122. The summed E-state index contributed by atoms with van der Waals surface area (Å²) >= 11 is 7.85. The highest BCUT2D eigenvalue weighted by atomic mass is 35.5. The van der Waals surface area contributed by atoms with Crippen molar-refractivity contribution in [2.45, 2.75) is 13.0 Å². The van der Waals surface area contributed by atoms with Gasteiger partial charge in [-0.05, 0) is 71.8 Å². The Morgan fingerprint density at radius 3 is 2.54 bits per heavy atom. The van der Waals surface area contributed by atoms with Crippen LogP contribution in [0.4, 0.5) is 10.1 Å². The highest BCUT2D eigenvalue weighted by molar-refractivity contribution is 8.18. The molecule has 1 heterocycles. The Morgan fingerprint density at radius 2 is 1.84 bits per heavy atom. The van der Waals surface area contributed by atoms with Gasteiger partial charge in [-0.2, -0.15) is 0 Å². The highest BCUT2D eigenvalue weighted by Gasteiger charge is 2.33. The first-order valence-corrected chi connectivity index (χ1v) is 12.8. The van der Waals surface area contributed by atoms with Crippen LogP contribution in [0.3, 0.4) is 0 Å². The van der Waals surface area contributed by atoms with E-state index >= 15 is 0 Å². The number of carbonyl (C=O) groups is 1. The number of thioether (sulfide) groups is 1. The van der Waals surface area contributed by atoms with Crippen molar-refractivity contribution in [1.29, 1.82) is 0 Å². The van der Waals surface area contributed by atoms with Gasteiger partial charge < -0.3 is 14.2 Å². The smallest absolute Gasteiger partial charge is 0.266 e. The molecule has 6 nitrogen and oxygen atoms in total. The molecule has 0 saturated carbocycles. The number of halogens is 2. The summed E-state index contributed by atoms with van der Waals surface area (Å²) in [6.45, 7) is 1.22. The van der Waals surface area contributed by atoms with E-state index in [4.69, 9.17) is 30.8 Å². The highest BCUT2D eigenvalue weighted by Crippen LogP contribution is 2.40. The van der Waals surface area contributed by atoms with Crippen LogP contribution in [-0.2, 0) is 16.1 Å². The van der Waals surface area contributed by atoms with Crippen LogP contribution in [0.5, 0.6) is 11.5 Å². The predicted octanol–water partition coefficient (Wildman–Crippen LogP) is 6.71. The Morgan fingerprint density at radius 1 is 1.08 bits per heavy atom. The lowest BCUT2D eigenvalue weighted by Crippen LogP contribution is -2.30. The first-order valence-electron chi connectivity index (χ1n) is 11.6. The first kappa shape index (κ1) is 26.7. The molecule has 9 heteroatoms. The first-order chi connectivity index (χ1) is 18.0. The van der Waals surface area contributed by atoms with Gasteiger partial charge >= 0.3 is 0 Å². The van der Waals surface area contributed by atoms with Crippen LogP contribution in [-0.4, -0.2) is 43.3 Å². The number of hydrogen-bond acceptors (Lipinski definition) is 6. The average Bonchev–Trinajstić information content (AvgIpc) is 3.18. The van der Waals surface area contributed by atoms with Crippen LogP contribution in [0.25, 0.3) is 6.08 Å². The maximum Gasteiger partial charge on any atom is 0.266 e. The maximum absolute atomic E-state index is 13.3. The number of methoxy groups -OCH3 is 2. The molecule has 0 atom stereocenters. The minimum Gasteiger partial charge on any atom is -0.493 e. The molecule has 1 amide bonds. The molecular formula is C28H26ClFN2O4S. The molecular weight excluding hydrogens is 515 g/mol.